The van der Waals surface area contributed by atoms with E-state index in [0.717, 1.165) is 0 Å². The van der Waals surface area contributed by atoms with E-state index in [1.54, 1.807) is 39.0 Å². The maximum absolute atomic E-state index is 12.0. The summed E-state index contributed by atoms with van der Waals surface area (Å²) in [6, 6.07) is 3.78. The summed E-state index contributed by atoms with van der Waals surface area (Å²) in [7, 11) is 1.21. The van der Waals surface area contributed by atoms with E-state index < -0.39 is 23.7 Å². The molecule has 1 aromatic carbocycles. The van der Waals surface area contributed by atoms with Crippen LogP contribution in [0.4, 0.5) is 4.79 Å². The Morgan fingerprint density at radius 2 is 2.07 bits per heavy atom. The molecule has 0 spiro atoms. The summed E-state index contributed by atoms with van der Waals surface area (Å²) in [6.45, 7) is 5.36. The lowest BCUT2D eigenvalue weighted by Gasteiger charge is -2.22. The molecule has 0 saturated carbocycles. The number of nitrogens with zero attached hydrogens (tertiary/aromatic N) is 3. The summed E-state index contributed by atoms with van der Waals surface area (Å²) < 4.78 is 15.3. The number of nitrogens with one attached hydrogen (secondary N) is 1. The normalized spacial score (nSPS) is 11.6. The van der Waals surface area contributed by atoms with Crippen molar-refractivity contribution in [2.24, 2.45) is 5.11 Å². The van der Waals surface area contributed by atoms with Gasteiger partial charge in [0.15, 0.2) is 6.29 Å². The van der Waals surface area contributed by atoms with Crippen molar-refractivity contribution in [2.45, 2.75) is 38.8 Å². The maximum atomic E-state index is 12.0. The Hall–Kier alpha value is -3.26. The van der Waals surface area contributed by atoms with Gasteiger partial charge in [-0.05, 0) is 44.0 Å². The molecule has 1 rings (SSSR count). The number of azide groups is 1. The molecular weight excluding hydrogens is 368 g/mol. The standard InChI is InChI=1S/C18H24N4O6/c1-18(2,3)28-17(25)21-14(16(24)26-4)10-12-5-6-15(13(9-12)11-23)27-8-7-20-22-19/h5-6,9,11,14H,7-8,10H2,1-4H3,(H,21,25)/t14-/m0/s1. The van der Waals surface area contributed by atoms with E-state index in [0.29, 0.717) is 17.6 Å². The van der Waals surface area contributed by atoms with Gasteiger partial charge in [0, 0.05) is 11.3 Å². The smallest absolute Gasteiger partial charge is 0.408 e. The monoisotopic (exact) mass is 392 g/mol. The van der Waals surface area contributed by atoms with Gasteiger partial charge in [0.05, 0.1) is 25.8 Å². The van der Waals surface area contributed by atoms with Crippen molar-refractivity contribution in [3.63, 3.8) is 0 Å². The predicted octanol–water partition coefficient (Wildman–Crippen LogP) is 2.80. The van der Waals surface area contributed by atoms with E-state index >= 15 is 0 Å². The molecule has 1 atom stereocenters. The Morgan fingerprint density at radius 1 is 1.36 bits per heavy atom. The number of methoxy groups -OCH3 is 1. The average Bonchev–Trinajstić information content (AvgIpc) is 2.63. The first-order valence-corrected chi connectivity index (χ1v) is 8.49. The van der Waals surface area contributed by atoms with E-state index in [1.807, 2.05) is 0 Å². The van der Waals surface area contributed by atoms with E-state index in [-0.39, 0.29) is 25.1 Å². The van der Waals surface area contributed by atoms with Crippen molar-refractivity contribution in [1.29, 1.82) is 0 Å². The minimum absolute atomic E-state index is 0.0890. The van der Waals surface area contributed by atoms with Crippen LogP contribution in [0.2, 0.25) is 0 Å². The summed E-state index contributed by atoms with van der Waals surface area (Å²) in [5.74, 6) is -0.324. The van der Waals surface area contributed by atoms with Gasteiger partial charge in [-0.3, -0.25) is 4.79 Å². The molecule has 0 aliphatic heterocycles. The highest BCUT2D eigenvalue weighted by Gasteiger charge is 2.25. The van der Waals surface area contributed by atoms with Crippen LogP contribution in [0.15, 0.2) is 23.3 Å². The van der Waals surface area contributed by atoms with Crippen LogP contribution < -0.4 is 10.1 Å². The Balaban J connectivity index is 2.90. The number of rotatable bonds is 9. The van der Waals surface area contributed by atoms with Crippen LogP contribution in [-0.4, -0.2) is 50.3 Å². The molecule has 0 fully saturated rings. The van der Waals surface area contributed by atoms with Crippen LogP contribution in [-0.2, 0) is 20.7 Å². The number of amides is 1. The molecule has 0 bridgehead atoms. The van der Waals surface area contributed by atoms with Crippen LogP contribution in [0, 0.1) is 0 Å². The van der Waals surface area contributed by atoms with Gasteiger partial charge in [0.2, 0.25) is 0 Å². The molecule has 152 valence electrons. The number of hydrogen-bond acceptors (Lipinski definition) is 7. The number of benzene rings is 1. The first kappa shape index (κ1) is 22.8. The average molecular weight is 392 g/mol. The molecule has 1 N–H and O–H groups in total. The zero-order chi connectivity index (χ0) is 21.2. The summed E-state index contributed by atoms with van der Waals surface area (Å²) in [6.07, 6.45) is -0.0522. The second-order valence-electron chi connectivity index (χ2n) is 6.72. The second kappa shape index (κ2) is 10.8. The van der Waals surface area contributed by atoms with Crippen molar-refractivity contribution < 1.29 is 28.6 Å². The van der Waals surface area contributed by atoms with E-state index in [4.69, 9.17) is 19.7 Å². The zero-order valence-corrected chi connectivity index (χ0v) is 16.3. The summed E-state index contributed by atoms with van der Waals surface area (Å²) in [4.78, 5) is 37.9. The Labute approximate surface area is 162 Å². The predicted molar refractivity (Wildman–Crippen MR) is 100 cm³/mol. The number of alkyl carbamates (subject to hydrolysis) is 1. The van der Waals surface area contributed by atoms with Crippen molar-refractivity contribution in [2.75, 3.05) is 20.3 Å². The molecule has 0 aliphatic rings. The van der Waals surface area contributed by atoms with Gasteiger partial charge in [-0.15, -0.1) is 0 Å². The third-order valence-corrected chi connectivity index (χ3v) is 3.33. The largest absolute Gasteiger partial charge is 0.493 e. The molecule has 1 amide bonds. The number of aldehydes is 1. The minimum Gasteiger partial charge on any atom is -0.493 e. The molecule has 0 aliphatic carbocycles. The number of carbonyl (C=O) groups is 3. The number of hydrogen-bond donors (Lipinski definition) is 1. The Kier molecular flexibility index (Phi) is 8.77. The first-order chi connectivity index (χ1) is 13.2. The molecule has 0 heterocycles. The number of carbonyl (C=O) groups excluding carboxylic acids is 3. The summed E-state index contributed by atoms with van der Waals surface area (Å²) in [5, 5.41) is 5.82. The van der Waals surface area contributed by atoms with Crippen molar-refractivity contribution in [3.8, 4) is 5.75 Å². The second-order valence-corrected chi connectivity index (χ2v) is 6.72. The first-order valence-electron chi connectivity index (χ1n) is 8.49. The zero-order valence-electron chi connectivity index (χ0n) is 16.3. The topological polar surface area (TPSA) is 140 Å². The fourth-order valence-electron chi connectivity index (χ4n) is 2.21. The maximum Gasteiger partial charge on any atom is 0.408 e. The molecule has 0 unspecified atom stereocenters. The quantitative estimate of drug-likeness (QED) is 0.171. The van der Waals surface area contributed by atoms with Crippen LogP contribution in [0.3, 0.4) is 0 Å². The van der Waals surface area contributed by atoms with Gasteiger partial charge in [0.1, 0.15) is 17.4 Å². The molecule has 0 saturated heterocycles. The van der Waals surface area contributed by atoms with Crippen LogP contribution >= 0.6 is 0 Å². The number of ether oxygens (including phenoxy) is 3. The Bertz CT molecular complexity index is 753. The van der Waals surface area contributed by atoms with Crippen LogP contribution in [0.5, 0.6) is 5.75 Å². The van der Waals surface area contributed by atoms with Gasteiger partial charge in [-0.2, -0.15) is 0 Å². The lowest BCUT2D eigenvalue weighted by molar-refractivity contribution is -0.143. The number of esters is 1. The molecule has 10 heteroatoms. The van der Waals surface area contributed by atoms with Crippen LogP contribution in [0.25, 0.3) is 10.4 Å². The van der Waals surface area contributed by atoms with Gasteiger partial charge in [0.25, 0.3) is 0 Å². The van der Waals surface area contributed by atoms with Crippen molar-refractivity contribution in [3.05, 3.63) is 39.8 Å². The summed E-state index contributed by atoms with van der Waals surface area (Å²) in [5.41, 5.74) is 8.40. The molecule has 1 aromatic rings. The molecule has 10 nitrogen and oxygen atoms in total. The minimum atomic E-state index is -0.990. The van der Waals surface area contributed by atoms with Crippen LogP contribution in [0.1, 0.15) is 36.7 Å². The fraction of sp³-hybridized carbons (Fsp3) is 0.500. The van der Waals surface area contributed by atoms with E-state index in [1.165, 1.54) is 7.11 Å². The fourth-order valence-corrected chi connectivity index (χ4v) is 2.21. The molecule has 28 heavy (non-hydrogen) atoms. The highest BCUT2D eigenvalue weighted by Crippen LogP contribution is 2.20. The van der Waals surface area contributed by atoms with Gasteiger partial charge < -0.3 is 19.5 Å². The van der Waals surface area contributed by atoms with Crippen molar-refractivity contribution in [1.82, 2.24) is 5.32 Å². The lowest BCUT2D eigenvalue weighted by Crippen LogP contribution is -2.45. The SMILES string of the molecule is COC(=O)[C@H](Cc1ccc(OCCN=[N+]=[N-])c(C=O)c1)NC(=O)OC(C)(C)C. The molecule has 0 radical (unpaired) electrons. The van der Waals surface area contributed by atoms with Gasteiger partial charge >= 0.3 is 12.1 Å². The Morgan fingerprint density at radius 3 is 2.64 bits per heavy atom. The van der Waals surface area contributed by atoms with E-state index in [2.05, 4.69) is 15.3 Å². The van der Waals surface area contributed by atoms with Gasteiger partial charge in [-0.1, -0.05) is 11.2 Å². The molecule has 0 aromatic heterocycles. The lowest BCUT2D eigenvalue weighted by atomic mass is 10.0. The van der Waals surface area contributed by atoms with Gasteiger partial charge in [-0.25, -0.2) is 9.59 Å². The molecular formula is C18H24N4O6. The third kappa shape index (κ3) is 7.96. The summed E-state index contributed by atoms with van der Waals surface area (Å²) >= 11 is 0. The van der Waals surface area contributed by atoms with Crippen molar-refractivity contribution >= 4 is 18.3 Å². The third-order valence-electron chi connectivity index (χ3n) is 3.33. The van der Waals surface area contributed by atoms with E-state index in [9.17, 15) is 14.4 Å². The highest BCUT2D eigenvalue weighted by molar-refractivity contribution is 5.82. The highest BCUT2D eigenvalue weighted by atomic mass is 16.6.